The number of nitrogens with one attached hydrogen (secondary N) is 1. The molecule has 2 atom stereocenters. The van der Waals surface area contributed by atoms with Crippen LogP contribution < -0.4 is 5.32 Å². The van der Waals surface area contributed by atoms with Crippen molar-refractivity contribution in [2.45, 2.75) is 18.2 Å². The molecule has 2 heteroatoms. The van der Waals surface area contributed by atoms with Gasteiger partial charge < -0.3 is 5.32 Å². The second-order valence-corrected chi connectivity index (χ2v) is 3.17. The lowest BCUT2D eigenvalue weighted by atomic mass is 10.0. The molecule has 0 aromatic carbocycles. The lowest BCUT2D eigenvalue weighted by Gasteiger charge is -2.20. The first-order valence-corrected chi connectivity index (χ1v) is 3.97. The summed E-state index contributed by atoms with van der Waals surface area (Å²) in [6, 6.07) is 0.395. The SMILES string of the molecule is CNC1C=CC(C)=CC1S. The molecule has 1 nitrogen and oxygen atoms in total. The van der Waals surface area contributed by atoms with Crippen molar-refractivity contribution in [3.63, 3.8) is 0 Å². The molecule has 0 aromatic rings. The molecule has 10 heavy (non-hydrogen) atoms. The maximum absolute atomic E-state index is 4.41. The van der Waals surface area contributed by atoms with E-state index in [1.54, 1.807) is 0 Å². The second-order valence-electron chi connectivity index (χ2n) is 2.57. The molecule has 1 N–H and O–H groups in total. The van der Waals surface area contributed by atoms with Gasteiger partial charge in [-0.1, -0.05) is 23.8 Å². The van der Waals surface area contributed by atoms with Crippen LogP contribution >= 0.6 is 12.6 Å². The first-order chi connectivity index (χ1) is 4.74. The maximum Gasteiger partial charge on any atom is 0.0403 e. The third-order valence-corrected chi connectivity index (χ3v) is 2.17. The Kier molecular flexibility index (Phi) is 2.57. The minimum Gasteiger partial charge on any atom is -0.312 e. The molecule has 0 heterocycles. The fourth-order valence-electron chi connectivity index (χ4n) is 1.06. The van der Waals surface area contributed by atoms with Crippen molar-refractivity contribution in [1.82, 2.24) is 5.32 Å². The van der Waals surface area contributed by atoms with Crippen LogP contribution in [0.5, 0.6) is 0 Å². The van der Waals surface area contributed by atoms with Crippen LogP contribution in [0.3, 0.4) is 0 Å². The van der Waals surface area contributed by atoms with Crippen LogP contribution in [0.25, 0.3) is 0 Å². The highest BCUT2D eigenvalue weighted by atomic mass is 32.1. The Bertz CT molecular complexity index is 172. The number of likely N-dealkylation sites (N-methyl/N-ethyl adjacent to an activating group) is 1. The Morgan fingerprint density at radius 3 is 2.80 bits per heavy atom. The van der Waals surface area contributed by atoms with Gasteiger partial charge in [-0.3, -0.25) is 0 Å². The molecule has 0 aromatic heterocycles. The third kappa shape index (κ3) is 1.64. The zero-order valence-electron chi connectivity index (χ0n) is 6.33. The Morgan fingerprint density at radius 2 is 2.30 bits per heavy atom. The summed E-state index contributed by atoms with van der Waals surface area (Å²) in [7, 11) is 1.95. The van der Waals surface area contributed by atoms with Gasteiger partial charge in [-0.05, 0) is 14.0 Å². The predicted octanol–water partition coefficient (Wildman–Crippen LogP) is 1.39. The van der Waals surface area contributed by atoms with E-state index in [0.717, 1.165) is 0 Å². The highest BCUT2D eigenvalue weighted by molar-refractivity contribution is 7.81. The molecular formula is C8H13NS. The normalized spacial score (nSPS) is 32.1. The molecule has 2 unspecified atom stereocenters. The number of rotatable bonds is 1. The van der Waals surface area contributed by atoms with Gasteiger partial charge in [0, 0.05) is 11.3 Å². The highest BCUT2D eigenvalue weighted by Gasteiger charge is 2.13. The number of hydrogen-bond donors (Lipinski definition) is 2. The van der Waals surface area contributed by atoms with E-state index < -0.39 is 0 Å². The van der Waals surface area contributed by atoms with E-state index in [0.29, 0.717) is 11.3 Å². The summed E-state index contributed by atoms with van der Waals surface area (Å²) >= 11 is 4.41. The number of thiol groups is 1. The molecule has 1 rings (SSSR count). The van der Waals surface area contributed by atoms with Gasteiger partial charge in [0.05, 0.1) is 0 Å². The Labute approximate surface area is 67.6 Å². The third-order valence-electron chi connectivity index (χ3n) is 1.70. The van der Waals surface area contributed by atoms with Gasteiger partial charge in [-0.15, -0.1) is 0 Å². The number of hydrogen-bond acceptors (Lipinski definition) is 2. The van der Waals surface area contributed by atoms with Gasteiger partial charge in [-0.2, -0.15) is 12.6 Å². The van der Waals surface area contributed by atoms with Gasteiger partial charge in [0.1, 0.15) is 0 Å². The maximum atomic E-state index is 4.41. The quantitative estimate of drug-likeness (QED) is 0.545. The fraction of sp³-hybridized carbons (Fsp3) is 0.500. The number of allylic oxidation sites excluding steroid dienone is 2. The van der Waals surface area contributed by atoms with E-state index in [-0.39, 0.29) is 0 Å². The molecule has 0 spiro atoms. The average Bonchev–Trinajstić information content (AvgIpc) is 1.88. The lowest BCUT2D eigenvalue weighted by Crippen LogP contribution is -2.32. The summed E-state index contributed by atoms with van der Waals surface area (Å²) in [6.07, 6.45) is 6.42. The fourth-order valence-corrected chi connectivity index (χ4v) is 1.55. The zero-order valence-corrected chi connectivity index (χ0v) is 7.23. The van der Waals surface area contributed by atoms with Gasteiger partial charge in [0.25, 0.3) is 0 Å². The predicted molar refractivity (Wildman–Crippen MR) is 48.5 cm³/mol. The van der Waals surface area contributed by atoms with E-state index in [2.05, 4.69) is 43.1 Å². The Morgan fingerprint density at radius 1 is 1.60 bits per heavy atom. The van der Waals surface area contributed by atoms with Crippen molar-refractivity contribution in [3.05, 3.63) is 23.8 Å². The van der Waals surface area contributed by atoms with E-state index in [9.17, 15) is 0 Å². The molecular weight excluding hydrogens is 142 g/mol. The van der Waals surface area contributed by atoms with Gasteiger partial charge in [-0.25, -0.2) is 0 Å². The van der Waals surface area contributed by atoms with Crippen molar-refractivity contribution in [2.75, 3.05) is 7.05 Å². The van der Waals surface area contributed by atoms with Crippen LogP contribution in [0.2, 0.25) is 0 Å². The van der Waals surface area contributed by atoms with Crippen molar-refractivity contribution in [2.24, 2.45) is 0 Å². The van der Waals surface area contributed by atoms with Crippen molar-refractivity contribution in [1.29, 1.82) is 0 Å². The van der Waals surface area contributed by atoms with Gasteiger partial charge in [0.2, 0.25) is 0 Å². The van der Waals surface area contributed by atoms with Gasteiger partial charge in [0.15, 0.2) is 0 Å². The second kappa shape index (κ2) is 3.26. The van der Waals surface area contributed by atoms with Crippen molar-refractivity contribution >= 4 is 12.6 Å². The van der Waals surface area contributed by atoms with Crippen LogP contribution in [0.4, 0.5) is 0 Å². The van der Waals surface area contributed by atoms with Crippen LogP contribution in [-0.4, -0.2) is 18.3 Å². The Hall–Kier alpha value is -0.210. The first-order valence-electron chi connectivity index (χ1n) is 3.46. The van der Waals surface area contributed by atoms with Crippen LogP contribution in [0.15, 0.2) is 23.8 Å². The summed E-state index contributed by atoms with van der Waals surface area (Å²) < 4.78 is 0. The highest BCUT2D eigenvalue weighted by Crippen LogP contribution is 2.14. The first kappa shape index (κ1) is 7.89. The van der Waals surface area contributed by atoms with Crippen LogP contribution in [0.1, 0.15) is 6.92 Å². The summed E-state index contributed by atoms with van der Waals surface area (Å²) in [5.41, 5.74) is 1.30. The topological polar surface area (TPSA) is 12.0 Å². The van der Waals surface area contributed by atoms with Crippen molar-refractivity contribution in [3.8, 4) is 0 Å². The van der Waals surface area contributed by atoms with E-state index in [4.69, 9.17) is 0 Å². The van der Waals surface area contributed by atoms with E-state index in [1.165, 1.54) is 5.57 Å². The average molecular weight is 155 g/mol. The lowest BCUT2D eigenvalue weighted by molar-refractivity contribution is 0.682. The molecule has 0 bridgehead atoms. The smallest absolute Gasteiger partial charge is 0.0403 e. The molecule has 0 radical (unpaired) electrons. The molecule has 0 amide bonds. The largest absolute Gasteiger partial charge is 0.312 e. The summed E-state index contributed by atoms with van der Waals surface area (Å²) in [5, 5.41) is 3.50. The van der Waals surface area contributed by atoms with E-state index in [1.807, 2.05) is 7.05 Å². The minimum absolute atomic E-state index is 0.329. The van der Waals surface area contributed by atoms with Crippen molar-refractivity contribution < 1.29 is 0 Å². The molecule has 0 aliphatic heterocycles. The molecule has 1 aliphatic rings. The van der Waals surface area contributed by atoms with Gasteiger partial charge >= 0.3 is 0 Å². The van der Waals surface area contributed by atoms with E-state index >= 15 is 0 Å². The van der Waals surface area contributed by atoms with Crippen LogP contribution in [0, 0.1) is 0 Å². The molecule has 0 saturated heterocycles. The molecule has 1 aliphatic carbocycles. The summed E-state index contributed by atoms with van der Waals surface area (Å²) in [4.78, 5) is 0. The van der Waals surface area contributed by atoms with Crippen LogP contribution in [-0.2, 0) is 0 Å². The zero-order chi connectivity index (χ0) is 7.56. The molecule has 0 fully saturated rings. The summed E-state index contributed by atoms with van der Waals surface area (Å²) in [5.74, 6) is 0. The molecule has 0 saturated carbocycles. The minimum atomic E-state index is 0.329. The Balaban J connectivity index is 2.64. The monoisotopic (exact) mass is 155 g/mol. The summed E-state index contributed by atoms with van der Waals surface area (Å²) in [6.45, 7) is 2.09. The standard InChI is InChI=1S/C8H13NS/c1-6-3-4-7(9-2)8(10)5-6/h3-5,7-10H,1-2H3. The molecule has 56 valence electrons.